The standard InChI is InChI=1S/C20H22N4O8/c1-3-20(2,18(31-8-25)10-4-12(27)16(23-21)13(28)5-10)19(32-9-26)11-6-14(29)17(24-22)15(30)7-11/h8-11,18-19H,3-7H2,1-2H3. The van der Waals surface area contributed by atoms with E-state index < -0.39 is 64.0 Å². The quantitative estimate of drug-likeness (QED) is 0.266. The van der Waals surface area contributed by atoms with Gasteiger partial charge in [-0.2, -0.15) is 9.58 Å². The van der Waals surface area contributed by atoms with Gasteiger partial charge in [0.2, 0.25) is 23.1 Å². The van der Waals surface area contributed by atoms with Crippen LogP contribution in [-0.4, -0.2) is 69.3 Å². The summed E-state index contributed by atoms with van der Waals surface area (Å²) in [4.78, 5) is 77.1. The topological polar surface area (TPSA) is 194 Å². The van der Waals surface area contributed by atoms with E-state index in [4.69, 9.17) is 20.5 Å². The second-order valence-electron chi connectivity index (χ2n) is 8.09. The third-order valence-corrected chi connectivity index (χ3v) is 6.37. The average Bonchev–Trinajstić information content (AvgIpc) is 2.74. The van der Waals surface area contributed by atoms with Crippen LogP contribution in [0.25, 0.3) is 11.1 Å². The smallest absolute Gasteiger partial charge is 0.400 e. The predicted molar refractivity (Wildman–Crippen MR) is 103 cm³/mol. The van der Waals surface area contributed by atoms with Crippen LogP contribution in [-0.2, 0) is 38.2 Å². The maximum atomic E-state index is 12.3. The van der Waals surface area contributed by atoms with E-state index in [1.807, 2.05) is 0 Å². The van der Waals surface area contributed by atoms with E-state index in [1.165, 1.54) is 0 Å². The molecule has 0 aromatic heterocycles. The zero-order valence-electron chi connectivity index (χ0n) is 17.6. The van der Waals surface area contributed by atoms with Crippen LogP contribution in [0.1, 0.15) is 46.0 Å². The molecule has 0 spiro atoms. The molecule has 12 nitrogen and oxygen atoms in total. The van der Waals surface area contributed by atoms with Crippen molar-refractivity contribution in [2.24, 2.45) is 17.3 Å². The maximum absolute atomic E-state index is 12.3. The molecule has 2 unspecified atom stereocenters. The van der Waals surface area contributed by atoms with Crippen LogP contribution in [0, 0.1) is 17.3 Å². The van der Waals surface area contributed by atoms with Gasteiger partial charge in [-0.1, -0.05) is 13.8 Å². The summed E-state index contributed by atoms with van der Waals surface area (Å²) in [6.07, 6.45) is -3.08. The van der Waals surface area contributed by atoms with Gasteiger partial charge in [0.25, 0.3) is 12.9 Å². The number of ether oxygens (including phenoxy) is 2. The molecule has 2 aliphatic rings. The second-order valence-corrected chi connectivity index (χ2v) is 8.09. The SMILES string of the molecule is CCC(C)(C(OC=O)C1CC(=O)C(=[N+]=[N-])C(=O)C1)C(OC=O)C1CC(=O)C(=[N+]=[N-])C(=O)C1. The first-order valence-electron chi connectivity index (χ1n) is 9.93. The first-order chi connectivity index (χ1) is 15.2. The number of hydrogen-bond acceptors (Lipinski definition) is 8. The van der Waals surface area contributed by atoms with Gasteiger partial charge in [-0.15, -0.1) is 0 Å². The largest absolute Gasteiger partial charge is 0.464 e. The highest BCUT2D eigenvalue weighted by Crippen LogP contribution is 2.45. The zero-order valence-corrected chi connectivity index (χ0v) is 17.6. The molecule has 0 aromatic carbocycles. The van der Waals surface area contributed by atoms with Crippen molar-refractivity contribution < 1.29 is 47.8 Å². The molecular weight excluding hydrogens is 424 g/mol. The molecule has 2 atom stereocenters. The van der Waals surface area contributed by atoms with Crippen LogP contribution >= 0.6 is 0 Å². The van der Waals surface area contributed by atoms with Gasteiger partial charge in [-0.25, -0.2) is 0 Å². The van der Waals surface area contributed by atoms with Crippen molar-refractivity contribution >= 4 is 47.5 Å². The number of carbonyl (C=O) groups is 6. The van der Waals surface area contributed by atoms with E-state index in [2.05, 4.69) is 9.58 Å². The number of Topliss-reactive ketones (excluding diaryl/α,β-unsaturated/α-hetero) is 4. The van der Waals surface area contributed by atoms with Gasteiger partial charge in [0.1, 0.15) is 12.2 Å². The van der Waals surface area contributed by atoms with Crippen LogP contribution in [0.2, 0.25) is 0 Å². The van der Waals surface area contributed by atoms with Gasteiger partial charge in [-0.05, 0) is 6.42 Å². The summed E-state index contributed by atoms with van der Waals surface area (Å²) in [5, 5.41) is 0. The lowest BCUT2D eigenvalue weighted by Gasteiger charge is -2.46. The van der Waals surface area contributed by atoms with Crippen molar-refractivity contribution in [1.82, 2.24) is 0 Å². The molecule has 0 saturated heterocycles. The fraction of sp³-hybridized carbons (Fsp3) is 0.600. The molecule has 0 aromatic rings. The van der Waals surface area contributed by atoms with Crippen molar-refractivity contribution in [2.45, 2.75) is 58.2 Å². The minimum Gasteiger partial charge on any atom is -0.464 e. The van der Waals surface area contributed by atoms with Crippen LogP contribution in [0.3, 0.4) is 0 Å². The average molecular weight is 446 g/mol. The molecule has 2 aliphatic carbocycles. The highest BCUT2D eigenvalue weighted by atomic mass is 16.5. The molecule has 0 N–H and O–H groups in total. The summed E-state index contributed by atoms with van der Waals surface area (Å²) in [7, 11) is 0. The zero-order chi connectivity index (χ0) is 24.1. The van der Waals surface area contributed by atoms with Gasteiger partial charge in [0.15, 0.2) is 0 Å². The third kappa shape index (κ3) is 4.51. The summed E-state index contributed by atoms with van der Waals surface area (Å²) >= 11 is 0. The number of rotatable bonds is 9. The van der Waals surface area contributed by atoms with Gasteiger partial charge in [0.05, 0.1) is 0 Å². The Kier molecular flexibility index (Phi) is 7.80. The summed E-state index contributed by atoms with van der Waals surface area (Å²) < 4.78 is 10.6. The lowest BCUT2D eigenvalue weighted by Crippen LogP contribution is -2.55. The van der Waals surface area contributed by atoms with E-state index in [0.717, 1.165) is 0 Å². The normalized spacial score (nSPS) is 25.2. The lowest BCUT2D eigenvalue weighted by atomic mass is 9.63. The highest BCUT2D eigenvalue weighted by Gasteiger charge is 2.55. The Morgan fingerprint density at radius 3 is 1.38 bits per heavy atom. The van der Waals surface area contributed by atoms with Crippen LogP contribution in [0.5, 0.6) is 0 Å². The Morgan fingerprint density at radius 2 is 1.16 bits per heavy atom. The Morgan fingerprint density at radius 1 is 0.844 bits per heavy atom. The van der Waals surface area contributed by atoms with Gasteiger partial charge >= 0.3 is 11.4 Å². The Balaban J connectivity index is 2.48. The second kappa shape index (κ2) is 10.1. The molecule has 0 amide bonds. The summed E-state index contributed by atoms with van der Waals surface area (Å²) in [6.45, 7) is 3.59. The van der Waals surface area contributed by atoms with E-state index in [0.29, 0.717) is 0 Å². The Hall–Kier alpha value is -3.62. The van der Waals surface area contributed by atoms with Gasteiger partial charge < -0.3 is 20.5 Å². The Labute approximate surface area is 182 Å². The summed E-state index contributed by atoms with van der Waals surface area (Å²) in [5.74, 6) is -4.56. The number of ketones is 4. The molecular formula is C20H22N4O8. The fourth-order valence-electron chi connectivity index (χ4n) is 4.74. The van der Waals surface area contributed by atoms with Crippen LogP contribution in [0.15, 0.2) is 0 Å². The van der Waals surface area contributed by atoms with Gasteiger partial charge in [0, 0.05) is 42.9 Å². The minimum atomic E-state index is -1.21. The fourth-order valence-corrected chi connectivity index (χ4v) is 4.74. The molecule has 0 radical (unpaired) electrons. The van der Waals surface area contributed by atoms with E-state index in [-0.39, 0.29) is 45.0 Å². The number of carbonyl (C=O) groups excluding carboxylic acids is 6. The third-order valence-electron chi connectivity index (χ3n) is 6.37. The van der Waals surface area contributed by atoms with E-state index in [1.54, 1.807) is 13.8 Å². The van der Waals surface area contributed by atoms with Crippen LogP contribution < -0.4 is 0 Å². The van der Waals surface area contributed by atoms with Crippen LogP contribution in [0.4, 0.5) is 0 Å². The molecule has 32 heavy (non-hydrogen) atoms. The predicted octanol–water partition coefficient (Wildman–Crippen LogP) is -0.0761. The molecule has 0 aliphatic heterocycles. The van der Waals surface area contributed by atoms with Crippen molar-refractivity contribution in [3.8, 4) is 0 Å². The number of nitrogens with zero attached hydrogens (tertiary/aromatic N) is 4. The van der Waals surface area contributed by atoms with Crippen molar-refractivity contribution in [1.29, 1.82) is 0 Å². The number of hydrogen-bond donors (Lipinski definition) is 0. The molecule has 12 heteroatoms. The molecule has 2 rings (SSSR count). The minimum absolute atomic E-state index is 0.148. The molecule has 2 fully saturated rings. The maximum Gasteiger partial charge on any atom is 0.400 e. The van der Waals surface area contributed by atoms with Crippen molar-refractivity contribution in [2.75, 3.05) is 0 Å². The summed E-state index contributed by atoms with van der Waals surface area (Å²) in [6, 6.07) is 0. The molecule has 0 bridgehead atoms. The van der Waals surface area contributed by atoms with Crippen molar-refractivity contribution in [3.63, 3.8) is 0 Å². The Bertz CT molecular complexity index is 849. The molecule has 2 saturated carbocycles. The molecule has 0 heterocycles. The highest BCUT2D eigenvalue weighted by molar-refractivity contribution is 6.65. The first-order valence-corrected chi connectivity index (χ1v) is 9.93. The van der Waals surface area contributed by atoms with E-state index >= 15 is 0 Å². The lowest BCUT2D eigenvalue weighted by molar-refractivity contribution is -0.176. The van der Waals surface area contributed by atoms with E-state index in [9.17, 15) is 28.8 Å². The van der Waals surface area contributed by atoms with Gasteiger partial charge in [-0.3, -0.25) is 28.8 Å². The monoisotopic (exact) mass is 446 g/mol. The molecule has 170 valence electrons. The summed E-state index contributed by atoms with van der Waals surface area (Å²) in [5.41, 5.74) is 15.4. The van der Waals surface area contributed by atoms with Crippen molar-refractivity contribution in [3.05, 3.63) is 11.1 Å². The first kappa shape index (κ1) is 24.6.